The molecule has 3 heteroatoms. The summed E-state index contributed by atoms with van der Waals surface area (Å²) >= 11 is 1.59. The van der Waals surface area contributed by atoms with Crippen LogP contribution in [0.15, 0.2) is 11.6 Å². The van der Waals surface area contributed by atoms with E-state index in [1.165, 1.54) is 18.4 Å². The predicted octanol–water partition coefficient (Wildman–Crippen LogP) is 3.57. The van der Waals surface area contributed by atoms with Gasteiger partial charge in [-0.3, -0.25) is 4.79 Å². The summed E-state index contributed by atoms with van der Waals surface area (Å²) in [4.78, 5) is 10.9. The molecular formula is C13H22O2S. The van der Waals surface area contributed by atoms with Gasteiger partial charge in [-0.05, 0) is 38.5 Å². The van der Waals surface area contributed by atoms with Crippen LogP contribution in [0.1, 0.15) is 40.5 Å². The highest BCUT2D eigenvalue weighted by molar-refractivity contribution is 8.01. The van der Waals surface area contributed by atoms with Gasteiger partial charge < -0.3 is 5.11 Å². The Morgan fingerprint density at radius 3 is 2.62 bits per heavy atom. The molecule has 0 aromatic heterocycles. The predicted molar refractivity (Wildman–Crippen MR) is 69.8 cm³/mol. The SMILES string of the molecule is CC1=CC(SC(C)C(=O)O)C(C(C)C)CC1. The van der Waals surface area contributed by atoms with Gasteiger partial charge in [-0.25, -0.2) is 0 Å². The number of aliphatic carboxylic acids is 1. The molecule has 0 radical (unpaired) electrons. The minimum atomic E-state index is -0.705. The van der Waals surface area contributed by atoms with Crippen molar-refractivity contribution in [3.63, 3.8) is 0 Å². The van der Waals surface area contributed by atoms with Crippen molar-refractivity contribution in [2.45, 2.75) is 51.0 Å². The van der Waals surface area contributed by atoms with Crippen molar-refractivity contribution >= 4 is 17.7 Å². The Kier molecular flexibility index (Phi) is 4.90. The summed E-state index contributed by atoms with van der Waals surface area (Å²) in [5, 5.41) is 9.03. The van der Waals surface area contributed by atoms with Gasteiger partial charge in [0, 0.05) is 5.25 Å². The van der Waals surface area contributed by atoms with Crippen LogP contribution in [0.25, 0.3) is 0 Å². The molecule has 2 nitrogen and oxygen atoms in total. The lowest BCUT2D eigenvalue weighted by atomic mass is 9.82. The summed E-state index contributed by atoms with van der Waals surface area (Å²) in [6.45, 7) is 8.40. The molecule has 16 heavy (non-hydrogen) atoms. The second-order valence-corrected chi connectivity index (χ2v) is 6.56. The van der Waals surface area contributed by atoms with Gasteiger partial charge in [0.2, 0.25) is 0 Å². The molecule has 0 aromatic carbocycles. The van der Waals surface area contributed by atoms with Crippen LogP contribution < -0.4 is 0 Å². The molecule has 1 rings (SSSR count). The maximum absolute atomic E-state index is 10.9. The smallest absolute Gasteiger partial charge is 0.316 e. The van der Waals surface area contributed by atoms with Crippen LogP contribution in [0.4, 0.5) is 0 Å². The number of carboxylic acid groups (broad SMARTS) is 1. The van der Waals surface area contributed by atoms with Crippen LogP contribution in [0.3, 0.4) is 0 Å². The second kappa shape index (κ2) is 5.76. The Bertz CT molecular complexity index is 284. The van der Waals surface area contributed by atoms with Crippen molar-refractivity contribution in [2.24, 2.45) is 11.8 Å². The van der Waals surface area contributed by atoms with E-state index in [1.807, 2.05) is 0 Å². The second-order valence-electron chi connectivity index (χ2n) is 5.04. The Hall–Kier alpha value is -0.440. The highest BCUT2D eigenvalue weighted by Gasteiger charge is 2.29. The summed E-state index contributed by atoms with van der Waals surface area (Å²) in [6.07, 6.45) is 4.64. The first-order valence-corrected chi connectivity index (χ1v) is 6.91. The number of rotatable bonds is 4. The largest absolute Gasteiger partial charge is 0.480 e. The molecule has 0 spiro atoms. The van der Waals surface area contributed by atoms with E-state index in [0.717, 1.165) is 0 Å². The quantitative estimate of drug-likeness (QED) is 0.766. The highest BCUT2D eigenvalue weighted by atomic mass is 32.2. The van der Waals surface area contributed by atoms with Crippen LogP contribution >= 0.6 is 11.8 Å². The lowest BCUT2D eigenvalue weighted by molar-refractivity contribution is -0.136. The van der Waals surface area contributed by atoms with Gasteiger partial charge in [-0.15, -0.1) is 11.8 Å². The number of thioether (sulfide) groups is 1. The van der Waals surface area contributed by atoms with Crippen LogP contribution in [0.5, 0.6) is 0 Å². The van der Waals surface area contributed by atoms with Crippen molar-refractivity contribution in [1.82, 2.24) is 0 Å². The molecule has 0 heterocycles. The molecule has 0 aromatic rings. The normalized spacial score (nSPS) is 27.7. The third-order valence-electron chi connectivity index (χ3n) is 3.31. The Balaban J connectivity index is 2.72. The minimum Gasteiger partial charge on any atom is -0.480 e. The fourth-order valence-corrected chi connectivity index (χ4v) is 3.74. The van der Waals surface area contributed by atoms with Gasteiger partial charge in [0.05, 0.1) is 5.25 Å². The maximum Gasteiger partial charge on any atom is 0.316 e. The van der Waals surface area contributed by atoms with Crippen LogP contribution in [0.2, 0.25) is 0 Å². The van der Waals surface area contributed by atoms with Crippen LogP contribution in [0, 0.1) is 11.8 Å². The molecule has 3 atom stereocenters. The molecular weight excluding hydrogens is 220 g/mol. The average Bonchev–Trinajstić information content (AvgIpc) is 2.16. The molecule has 1 N–H and O–H groups in total. The van der Waals surface area contributed by atoms with Gasteiger partial charge in [0.15, 0.2) is 0 Å². The van der Waals surface area contributed by atoms with Crippen molar-refractivity contribution in [2.75, 3.05) is 0 Å². The zero-order valence-electron chi connectivity index (χ0n) is 10.6. The molecule has 1 aliphatic rings. The zero-order valence-corrected chi connectivity index (χ0v) is 11.4. The number of hydrogen-bond donors (Lipinski definition) is 1. The fourth-order valence-electron chi connectivity index (χ4n) is 2.19. The van der Waals surface area contributed by atoms with E-state index < -0.39 is 5.97 Å². The standard InChI is InChI=1S/C13H22O2S/c1-8(2)11-6-5-9(3)7-12(11)16-10(4)13(14)15/h7-8,10-12H,5-6H2,1-4H3,(H,14,15). The first kappa shape index (κ1) is 13.6. The Morgan fingerprint density at radius 1 is 1.50 bits per heavy atom. The van der Waals surface area contributed by atoms with Gasteiger partial charge >= 0.3 is 5.97 Å². The average molecular weight is 242 g/mol. The van der Waals surface area contributed by atoms with Crippen LogP contribution in [-0.2, 0) is 4.79 Å². The minimum absolute atomic E-state index is 0.312. The molecule has 0 fully saturated rings. The van der Waals surface area contributed by atoms with E-state index in [2.05, 4.69) is 26.8 Å². The van der Waals surface area contributed by atoms with Crippen molar-refractivity contribution in [3.05, 3.63) is 11.6 Å². The van der Waals surface area contributed by atoms with E-state index in [0.29, 0.717) is 17.1 Å². The maximum atomic E-state index is 10.9. The van der Waals surface area contributed by atoms with Crippen molar-refractivity contribution in [1.29, 1.82) is 0 Å². The summed E-state index contributed by atoms with van der Waals surface area (Å²) in [5.41, 5.74) is 1.41. The lowest BCUT2D eigenvalue weighted by Gasteiger charge is -2.33. The number of carboxylic acids is 1. The highest BCUT2D eigenvalue weighted by Crippen LogP contribution is 2.38. The summed E-state index contributed by atoms with van der Waals surface area (Å²) in [5.74, 6) is 0.544. The van der Waals surface area contributed by atoms with E-state index in [1.54, 1.807) is 18.7 Å². The zero-order chi connectivity index (χ0) is 12.3. The van der Waals surface area contributed by atoms with Gasteiger partial charge in [0.1, 0.15) is 0 Å². The molecule has 0 aliphatic heterocycles. The first-order valence-electron chi connectivity index (χ1n) is 5.97. The number of allylic oxidation sites excluding steroid dienone is 1. The molecule has 0 amide bonds. The van der Waals surface area contributed by atoms with Crippen molar-refractivity contribution < 1.29 is 9.90 Å². The molecule has 3 unspecified atom stereocenters. The summed E-state index contributed by atoms with van der Waals surface area (Å²) in [7, 11) is 0. The molecule has 92 valence electrons. The van der Waals surface area contributed by atoms with Crippen LogP contribution in [-0.4, -0.2) is 21.6 Å². The molecule has 0 bridgehead atoms. The van der Waals surface area contributed by atoms with E-state index in [4.69, 9.17) is 5.11 Å². The van der Waals surface area contributed by atoms with Gasteiger partial charge in [0.25, 0.3) is 0 Å². The summed E-state index contributed by atoms with van der Waals surface area (Å²) in [6, 6.07) is 0. The molecule has 0 saturated heterocycles. The monoisotopic (exact) mass is 242 g/mol. The van der Waals surface area contributed by atoms with E-state index in [9.17, 15) is 4.79 Å². The number of hydrogen-bond acceptors (Lipinski definition) is 2. The third kappa shape index (κ3) is 3.55. The van der Waals surface area contributed by atoms with E-state index >= 15 is 0 Å². The van der Waals surface area contributed by atoms with Gasteiger partial charge in [-0.1, -0.05) is 25.5 Å². The van der Waals surface area contributed by atoms with Gasteiger partial charge in [-0.2, -0.15) is 0 Å². The van der Waals surface area contributed by atoms with Crippen molar-refractivity contribution in [3.8, 4) is 0 Å². The first-order chi connectivity index (χ1) is 7.41. The lowest BCUT2D eigenvalue weighted by Crippen LogP contribution is -2.28. The molecule has 0 saturated carbocycles. The molecule has 1 aliphatic carbocycles. The van der Waals surface area contributed by atoms with E-state index in [-0.39, 0.29) is 5.25 Å². The number of carbonyl (C=O) groups is 1. The topological polar surface area (TPSA) is 37.3 Å². The summed E-state index contributed by atoms with van der Waals surface area (Å²) < 4.78 is 0. The fraction of sp³-hybridized carbons (Fsp3) is 0.769. The Morgan fingerprint density at radius 2 is 2.12 bits per heavy atom. The third-order valence-corrected chi connectivity index (χ3v) is 4.72. The Labute approximate surface area is 103 Å².